The molecule has 2 aromatic rings. The molecule has 0 saturated heterocycles. The summed E-state index contributed by atoms with van der Waals surface area (Å²) in [4.78, 5) is 12.3. The van der Waals surface area contributed by atoms with Crippen molar-refractivity contribution in [3.8, 4) is 5.75 Å². The highest BCUT2D eigenvalue weighted by Crippen LogP contribution is 2.27. The molecule has 0 radical (unpaired) electrons. The van der Waals surface area contributed by atoms with E-state index in [1.807, 2.05) is 37.3 Å². The summed E-state index contributed by atoms with van der Waals surface area (Å²) in [5.41, 5.74) is 1.23. The number of benzene rings is 2. The number of rotatable bonds is 4. The Morgan fingerprint density at radius 2 is 1.95 bits per heavy atom. The molecule has 0 heterocycles. The van der Waals surface area contributed by atoms with Gasteiger partial charge in [0.25, 0.3) is 5.91 Å². The largest absolute Gasteiger partial charge is 0.493 e. The normalized spacial score (nSPS) is 10.2. The first-order valence-corrected chi connectivity index (χ1v) is 7.68. The maximum absolute atomic E-state index is 12.3. The second-order valence-electron chi connectivity index (χ2n) is 4.01. The number of hydrogen-bond acceptors (Lipinski definition) is 2. The molecule has 0 fully saturated rings. The van der Waals surface area contributed by atoms with Gasteiger partial charge in [-0.1, -0.05) is 28.1 Å². The molecule has 0 aliphatic heterocycles. The lowest BCUT2D eigenvalue weighted by atomic mass is 10.2. The van der Waals surface area contributed by atoms with Crippen molar-refractivity contribution < 1.29 is 9.53 Å². The third-order valence-electron chi connectivity index (χ3n) is 2.61. The van der Waals surface area contributed by atoms with Crippen LogP contribution in [-0.2, 0) is 0 Å². The lowest BCUT2D eigenvalue weighted by Gasteiger charge is -2.11. The minimum Gasteiger partial charge on any atom is -0.493 e. The van der Waals surface area contributed by atoms with Crippen LogP contribution >= 0.6 is 31.9 Å². The minimum absolute atomic E-state index is 0.197. The number of anilines is 1. The van der Waals surface area contributed by atoms with Crippen molar-refractivity contribution in [2.75, 3.05) is 11.9 Å². The molecule has 5 heteroatoms. The van der Waals surface area contributed by atoms with E-state index in [9.17, 15) is 4.79 Å². The summed E-state index contributed by atoms with van der Waals surface area (Å²) >= 11 is 6.80. The van der Waals surface area contributed by atoms with Gasteiger partial charge >= 0.3 is 0 Å². The zero-order valence-electron chi connectivity index (χ0n) is 10.8. The Morgan fingerprint density at radius 3 is 2.65 bits per heavy atom. The van der Waals surface area contributed by atoms with Crippen LogP contribution in [0.5, 0.6) is 5.75 Å². The number of carbonyl (C=O) groups is 1. The molecule has 0 aromatic heterocycles. The van der Waals surface area contributed by atoms with Gasteiger partial charge in [0.15, 0.2) is 0 Å². The van der Waals surface area contributed by atoms with Crippen molar-refractivity contribution >= 4 is 43.5 Å². The summed E-state index contributed by atoms with van der Waals surface area (Å²) in [6.45, 7) is 2.41. The second kappa shape index (κ2) is 6.90. The Hall–Kier alpha value is -1.33. The van der Waals surface area contributed by atoms with Crippen LogP contribution in [0.1, 0.15) is 17.3 Å². The van der Waals surface area contributed by atoms with Crippen LogP contribution in [0.25, 0.3) is 0 Å². The monoisotopic (exact) mass is 397 g/mol. The fraction of sp³-hybridized carbons (Fsp3) is 0.133. The minimum atomic E-state index is -0.197. The van der Waals surface area contributed by atoms with Crippen LogP contribution in [0.3, 0.4) is 0 Å². The van der Waals surface area contributed by atoms with Gasteiger partial charge in [-0.3, -0.25) is 4.79 Å². The molecule has 0 aliphatic carbocycles. The average molecular weight is 399 g/mol. The van der Waals surface area contributed by atoms with E-state index in [1.165, 1.54) is 0 Å². The van der Waals surface area contributed by atoms with E-state index in [1.54, 1.807) is 12.1 Å². The molecule has 1 amide bonds. The number of hydrogen-bond donors (Lipinski definition) is 1. The fourth-order valence-electron chi connectivity index (χ4n) is 1.72. The summed E-state index contributed by atoms with van der Waals surface area (Å²) in [5, 5.41) is 2.87. The molecule has 0 bridgehead atoms. The molecule has 3 nitrogen and oxygen atoms in total. The number of para-hydroxylation sites is 1. The molecule has 1 N–H and O–H groups in total. The van der Waals surface area contributed by atoms with Gasteiger partial charge in [-0.2, -0.15) is 0 Å². The van der Waals surface area contributed by atoms with E-state index in [0.717, 1.165) is 8.95 Å². The van der Waals surface area contributed by atoms with E-state index >= 15 is 0 Å². The van der Waals surface area contributed by atoms with Gasteiger partial charge in [0.05, 0.1) is 17.9 Å². The fourth-order valence-corrected chi connectivity index (χ4v) is 2.86. The summed E-state index contributed by atoms with van der Waals surface area (Å²) in [6.07, 6.45) is 0. The van der Waals surface area contributed by atoms with Gasteiger partial charge in [-0.25, -0.2) is 0 Å². The van der Waals surface area contributed by atoms with Crippen LogP contribution in [0.4, 0.5) is 5.69 Å². The van der Waals surface area contributed by atoms with Crippen LogP contribution in [0, 0.1) is 0 Å². The third-order valence-corrected chi connectivity index (χ3v) is 3.76. The SMILES string of the molecule is CCOc1ccccc1C(=O)Nc1ccc(Br)cc1Br. The smallest absolute Gasteiger partial charge is 0.259 e. The molecule has 0 unspecified atom stereocenters. The van der Waals surface area contributed by atoms with E-state index in [-0.39, 0.29) is 5.91 Å². The molecular weight excluding hydrogens is 386 g/mol. The highest BCUT2D eigenvalue weighted by atomic mass is 79.9. The van der Waals surface area contributed by atoms with E-state index in [4.69, 9.17) is 4.74 Å². The molecule has 20 heavy (non-hydrogen) atoms. The highest BCUT2D eigenvalue weighted by molar-refractivity contribution is 9.11. The maximum atomic E-state index is 12.3. The van der Waals surface area contributed by atoms with Crippen molar-refractivity contribution in [1.29, 1.82) is 0 Å². The molecule has 0 aliphatic rings. The van der Waals surface area contributed by atoms with Crippen molar-refractivity contribution in [3.05, 3.63) is 57.0 Å². The Labute approximate surface area is 134 Å². The summed E-state index contributed by atoms with van der Waals surface area (Å²) < 4.78 is 7.22. The zero-order valence-corrected chi connectivity index (χ0v) is 14.0. The Kier molecular flexibility index (Phi) is 5.20. The van der Waals surface area contributed by atoms with E-state index < -0.39 is 0 Å². The predicted octanol–water partition coefficient (Wildman–Crippen LogP) is 4.86. The predicted molar refractivity (Wildman–Crippen MR) is 87.4 cm³/mol. The summed E-state index contributed by atoms with van der Waals surface area (Å²) in [5.74, 6) is 0.387. The Morgan fingerprint density at radius 1 is 1.20 bits per heavy atom. The molecule has 2 aromatic carbocycles. The van der Waals surface area contributed by atoms with Gasteiger partial charge in [0, 0.05) is 8.95 Å². The topological polar surface area (TPSA) is 38.3 Å². The van der Waals surface area contributed by atoms with Gasteiger partial charge in [0.1, 0.15) is 5.75 Å². The molecule has 104 valence electrons. The molecule has 2 rings (SSSR count). The lowest BCUT2D eigenvalue weighted by Crippen LogP contribution is -2.14. The first kappa shape index (κ1) is 15.1. The number of halogens is 2. The first-order valence-electron chi connectivity index (χ1n) is 6.10. The third kappa shape index (κ3) is 3.61. The van der Waals surface area contributed by atoms with Crippen molar-refractivity contribution in [2.24, 2.45) is 0 Å². The lowest BCUT2D eigenvalue weighted by molar-refractivity contribution is 0.102. The number of nitrogens with one attached hydrogen (secondary N) is 1. The quantitative estimate of drug-likeness (QED) is 0.798. The van der Waals surface area contributed by atoms with Crippen molar-refractivity contribution in [1.82, 2.24) is 0 Å². The van der Waals surface area contributed by atoms with Crippen LogP contribution < -0.4 is 10.1 Å². The molecular formula is C15H13Br2NO2. The van der Waals surface area contributed by atoms with Crippen LogP contribution in [0.15, 0.2) is 51.4 Å². The second-order valence-corrected chi connectivity index (χ2v) is 5.78. The molecule has 0 atom stereocenters. The van der Waals surface area contributed by atoms with Gasteiger partial charge in [-0.05, 0) is 53.2 Å². The molecule has 0 spiro atoms. The number of amides is 1. The summed E-state index contributed by atoms with van der Waals surface area (Å²) in [6, 6.07) is 12.8. The maximum Gasteiger partial charge on any atom is 0.259 e. The molecule has 0 saturated carbocycles. The Bertz CT molecular complexity index is 629. The van der Waals surface area contributed by atoms with Crippen molar-refractivity contribution in [3.63, 3.8) is 0 Å². The van der Waals surface area contributed by atoms with Gasteiger partial charge < -0.3 is 10.1 Å². The van der Waals surface area contributed by atoms with Crippen molar-refractivity contribution in [2.45, 2.75) is 6.92 Å². The van der Waals surface area contributed by atoms with Crippen LogP contribution in [-0.4, -0.2) is 12.5 Å². The van der Waals surface area contributed by atoms with E-state index in [0.29, 0.717) is 23.6 Å². The zero-order chi connectivity index (χ0) is 14.5. The van der Waals surface area contributed by atoms with E-state index in [2.05, 4.69) is 37.2 Å². The highest BCUT2D eigenvalue weighted by Gasteiger charge is 2.13. The van der Waals surface area contributed by atoms with Gasteiger partial charge in [0.2, 0.25) is 0 Å². The first-order chi connectivity index (χ1) is 9.61. The number of ether oxygens (including phenoxy) is 1. The van der Waals surface area contributed by atoms with Gasteiger partial charge in [-0.15, -0.1) is 0 Å². The standard InChI is InChI=1S/C15H13Br2NO2/c1-2-20-14-6-4-3-5-11(14)15(19)18-13-8-7-10(16)9-12(13)17/h3-9H,2H2,1H3,(H,18,19). The Balaban J connectivity index is 2.24. The number of carbonyl (C=O) groups excluding carboxylic acids is 1. The summed E-state index contributed by atoms with van der Waals surface area (Å²) in [7, 11) is 0. The average Bonchev–Trinajstić information content (AvgIpc) is 2.43. The van der Waals surface area contributed by atoms with Crippen LogP contribution in [0.2, 0.25) is 0 Å².